The normalized spacial score (nSPS) is 13.6. The van der Waals surface area contributed by atoms with Crippen molar-refractivity contribution in [2.45, 2.75) is 32.7 Å². The summed E-state index contributed by atoms with van der Waals surface area (Å²) < 4.78 is 0. The van der Waals surface area contributed by atoms with E-state index in [9.17, 15) is 4.79 Å². The predicted molar refractivity (Wildman–Crippen MR) is 138 cm³/mol. The molecule has 5 rings (SSSR count). The number of nitrogens with one attached hydrogen (secondary N) is 2. The molecule has 5 nitrogen and oxygen atoms in total. The highest BCUT2D eigenvalue weighted by atomic mass is 16.1. The maximum Gasteiger partial charge on any atom is 0.251 e. The number of rotatable bonds is 6. The number of carbonyl (C=O) groups is 1. The van der Waals surface area contributed by atoms with Gasteiger partial charge in [0.25, 0.3) is 5.91 Å². The molecule has 34 heavy (non-hydrogen) atoms. The van der Waals surface area contributed by atoms with E-state index in [0.717, 1.165) is 41.2 Å². The van der Waals surface area contributed by atoms with Crippen LogP contribution in [-0.2, 0) is 6.54 Å². The lowest BCUT2D eigenvalue weighted by molar-refractivity contribution is 0.0951. The zero-order valence-electron chi connectivity index (χ0n) is 19.6. The van der Waals surface area contributed by atoms with Gasteiger partial charge >= 0.3 is 0 Å². The van der Waals surface area contributed by atoms with Crippen LogP contribution in [0.1, 0.15) is 40.7 Å². The summed E-state index contributed by atoms with van der Waals surface area (Å²) in [6.45, 7) is 4.86. The van der Waals surface area contributed by atoms with Crippen LogP contribution in [0.3, 0.4) is 0 Å². The van der Waals surface area contributed by atoms with Crippen molar-refractivity contribution < 1.29 is 4.79 Å². The molecule has 4 aromatic rings. The van der Waals surface area contributed by atoms with Gasteiger partial charge in [0, 0.05) is 36.4 Å². The number of aromatic nitrogens is 2. The van der Waals surface area contributed by atoms with E-state index in [-0.39, 0.29) is 5.91 Å². The average molecular weight is 451 g/mol. The van der Waals surface area contributed by atoms with Crippen LogP contribution in [0.2, 0.25) is 0 Å². The molecule has 1 aromatic heterocycles. The Labute approximate surface area is 200 Å². The Morgan fingerprint density at radius 3 is 2.35 bits per heavy atom. The number of anilines is 1. The Hall–Kier alpha value is -3.86. The summed E-state index contributed by atoms with van der Waals surface area (Å²) in [5.74, 6) is -0.0751. The van der Waals surface area contributed by atoms with E-state index >= 15 is 0 Å². The first-order valence-corrected chi connectivity index (χ1v) is 12.0. The number of aromatic amines is 1. The minimum Gasteiger partial charge on any atom is -0.372 e. The van der Waals surface area contributed by atoms with E-state index in [1.165, 1.54) is 30.5 Å². The first-order chi connectivity index (χ1) is 16.7. The molecule has 5 heteroatoms. The summed E-state index contributed by atoms with van der Waals surface area (Å²) in [5.41, 5.74) is 8.17. The van der Waals surface area contributed by atoms with E-state index in [1.807, 2.05) is 42.5 Å². The van der Waals surface area contributed by atoms with Gasteiger partial charge in [-0.05, 0) is 73.2 Å². The third-order valence-electron chi connectivity index (χ3n) is 6.62. The summed E-state index contributed by atoms with van der Waals surface area (Å²) >= 11 is 0. The molecular formula is C29H30N4O. The molecule has 2 N–H and O–H groups in total. The van der Waals surface area contributed by atoms with Crippen LogP contribution < -0.4 is 10.2 Å². The summed E-state index contributed by atoms with van der Waals surface area (Å²) in [7, 11) is 0. The maximum atomic E-state index is 12.6. The Morgan fingerprint density at radius 2 is 1.62 bits per heavy atom. The van der Waals surface area contributed by atoms with Gasteiger partial charge in [0.05, 0.1) is 11.4 Å². The quantitative estimate of drug-likeness (QED) is 0.380. The van der Waals surface area contributed by atoms with Crippen molar-refractivity contribution in [2.75, 3.05) is 18.0 Å². The molecular weight excluding hydrogens is 420 g/mol. The van der Waals surface area contributed by atoms with E-state index in [1.54, 1.807) is 0 Å². The lowest BCUT2D eigenvalue weighted by atomic mass is 10.1. The molecule has 0 spiro atoms. The van der Waals surface area contributed by atoms with Crippen molar-refractivity contribution in [2.24, 2.45) is 0 Å². The van der Waals surface area contributed by atoms with Crippen molar-refractivity contribution in [1.29, 1.82) is 0 Å². The minimum absolute atomic E-state index is 0.0751. The third-order valence-corrected chi connectivity index (χ3v) is 6.62. The second kappa shape index (κ2) is 9.96. The van der Waals surface area contributed by atoms with Gasteiger partial charge in [-0.3, -0.25) is 9.89 Å². The van der Waals surface area contributed by atoms with Crippen molar-refractivity contribution in [3.8, 4) is 22.5 Å². The van der Waals surface area contributed by atoms with Crippen LogP contribution in [0.4, 0.5) is 5.69 Å². The molecule has 1 aliphatic heterocycles. The second-order valence-corrected chi connectivity index (χ2v) is 8.95. The Morgan fingerprint density at radius 1 is 0.912 bits per heavy atom. The van der Waals surface area contributed by atoms with Gasteiger partial charge < -0.3 is 10.2 Å². The van der Waals surface area contributed by atoms with Crippen molar-refractivity contribution in [3.05, 3.63) is 95.6 Å². The number of carbonyl (C=O) groups excluding carboxylic acids is 1. The number of nitrogens with zero attached hydrogens (tertiary/aromatic N) is 2. The minimum atomic E-state index is -0.0751. The fraction of sp³-hybridized carbons (Fsp3) is 0.241. The number of amides is 1. The van der Waals surface area contributed by atoms with Gasteiger partial charge in [-0.1, -0.05) is 48.5 Å². The molecule has 0 atom stereocenters. The Kier molecular flexibility index (Phi) is 6.43. The molecule has 1 fully saturated rings. The topological polar surface area (TPSA) is 61.0 Å². The number of hydrogen-bond acceptors (Lipinski definition) is 3. The first kappa shape index (κ1) is 22.0. The molecule has 0 bridgehead atoms. The van der Waals surface area contributed by atoms with Crippen molar-refractivity contribution >= 4 is 11.6 Å². The molecule has 2 heterocycles. The largest absolute Gasteiger partial charge is 0.372 e. The summed E-state index contributed by atoms with van der Waals surface area (Å²) in [6.07, 6.45) is 3.89. The van der Waals surface area contributed by atoms with Gasteiger partial charge in [-0.25, -0.2) is 0 Å². The van der Waals surface area contributed by atoms with Gasteiger partial charge in [-0.2, -0.15) is 5.10 Å². The first-order valence-electron chi connectivity index (χ1n) is 12.0. The maximum absolute atomic E-state index is 12.6. The van der Waals surface area contributed by atoms with Crippen LogP contribution in [-0.4, -0.2) is 29.2 Å². The zero-order chi connectivity index (χ0) is 23.3. The smallest absolute Gasteiger partial charge is 0.251 e. The Balaban J connectivity index is 1.23. The molecule has 172 valence electrons. The summed E-state index contributed by atoms with van der Waals surface area (Å²) in [4.78, 5) is 15.0. The zero-order valence-corrected chi connectivity index (χ0v) is 19.6. The van der Waals surface area contributed by atoms with Gasteiger partial charge in [-0.15, -0.1) is 0 Å². The highest BCUT2D eigenvalue weighted by Gasteiger charge is 2.12. The molecule has 0 aliphatic carbocycles. The highest BCUT2D eigenvalue weighted by Crippen LogP contribution is 2.27. The highest BCUT2D eigenvalue weighted by molar-refractivity contribution is 5.94. The monoisotopic (exact) mass is 450 g/mol. The van der Waals surface area contributed by atoms with Crippen LogP contribution in [0, 0.1) is 6.92 Å². The van der Waals surface area contributed by atoms with E-state index in [4.69, 9.17) is 0 Å². The van der Waals surface area contributed by atoms with Crippen LogP contribution in [0.25, 0.3) is 22.5 Å². The number of benzene rings is 3. The number of piperidine rings is 1. The van der Waals surface area contributed by atoms with Crippen molar-refractivity contribution in [3.63, 3.8) is 0 Å². The molecule has 1 amide bonds. The molecule has 0 radical (unpaired) electrons. The predicted octanol–water partition coefficient (Wildman–Crippen LogP) is 5.97. The number of hydrogen-bond donors (Lipinski definition) is 2. The fourth-order valence-electron chi connectivity index (χ4n) is 4.50. The van der Waals surface area contributed by atoms with Gasteiger partial charge in [0.15, 0.2) is 0 Å². The van der Waals surface area contributed by atoms with Gasteiger partial charge in [0.1, 0.15) is 0 Å². The third kappa shape index (κ3) is 4.88. The second-order valence-electron chi connectivity index (χ2n) is 8.95. The van der Waals surface area contributed by atoms with Crippen LogP contribution in [0.15, 0.2) is 78.9 Å². The molecule has 1 saturated heterocycles. The molecule has 1 aliphatic rings. The van der Waals surface area contributed by atoms with E-state index < -0.39 is 0 Å². The fourth-order valence-corrected chi connectivity index (χ4v) is 4.50. The number of H-pyrrole nitrogens is 1. The molecule has 0 saturated carbocycles. The lowest BCUT2D eigenvalue weighted by Gasteiger charge is -2.28. The molecule has 3 aromatic carbocycles. The SMILES string of the molecule is Cc1ccccc1CNC(=O)c1ccc(-c2cc(-c3ccc(N4CCCCC4)cc3)n[nH]2)cc1. The molecule has 0 unspecified atom stereocenters. The Bertz CT molecular complexity index is 1250. The van der Waals surface area contributed by atoms with Gasteiger partial charge in [0.2, 0.25) is 0 Å². The summed E-state index contributed by atoms with van der Waals surface area (Å²) in [5, 5.41) is 10.7. The van der Waals surface area contributed by atoms with E-state index in [2.05, 4.69) is 63.7 Å². The number of aryl methyl sites for hydroxylation is 1. The average Bonchev–Trinajstić information content (AvgIpc) is 3.39. The summed E-state index contributed by atoms with van der Waals surface area (Å²) in [6, 6.07) is 26.5. The lowest BCUT2D eigenvalue weighted by Crippen LogP contribution is -2.29. The standard InChI is InChI=1S/C29H30N4O/c1-21-7-3-4-8-25(21)20-30-29(34)24-11-9-22(10-12-24)27-19-28(32-31-27)23-13-15-26(16-14-23)33-17-5-2-6-18-33/h3-4,7-16,19H,2,5-6,17-18,20H2,1H3,(H,30,34)(H,31,32). The van der Waals surface area contributed by atoms with E-state index in [0.29, 0.717) is 12.1 Å². The van der Waals surface area contributed by atoms with Crippen LogP contribution in [0.5, 0.6) is 0 Å². The van der Waals surface area contributed by atoms with Crippen molar-refractivity contribution in [1.82, 2.24) is 15.5 Å². The van der Waals surface area contributed by atoms with Crippen LogP contribution >= 0.6 is 0 Å².